The van der Waals surface area contributed by atoms with Gasteiger partial charge in [0.05, 0.1) is 0 Å². The standard InChI is InChI=1S/C21H33NO2/c1-8-14(2)19(16(4)23)15(3)20(24)22-13-17-9-11-18(12-10-17)21(5,6)7/h9-12,14-15,19H,8,13H2,1-7H3,(H,22,24)/t14-,15?,19-/m0/s1. The number of Topliss-reactive ketones (excluding diaryl/α,β-unsaturated/α-hetero) is 1. The molecule has 1 unspecified atom stereocenters. The first-order chi connectivity index (χ1) is 11.1. The topological polar surface area (TPSA) is 46.2 Å². The second-order valence-electron chi connectivity index (χ2n) is 7.98. The smallest absolute Gasteiger partial charge is 0.223 e. The SMILES string of the molecule is CC[C@H](C)[C@H](C(C)=O)C(C)C(=O)NCc1ccc(C(C)(C)C)cc1. The van der Waals surface area contributed by atoms with Crippen LogP contribution in [-0.2, 0) is 21.5 Å². The molecule has 0 radical (unpaired) electrons. The van der Waals surface area contributed by atoms with Gasteiger partial charge in [-0.3, -0.25) is 9.59 Å². The zero-order chi connectivity index (χ0) is 18.5. The van der Waals surface area contributed by atoms with Gasteiger partial charge in [0.15, 0.2) is 0 Å². The van der Waals surface area contributed by atoms with E-state index in [0.29, 0.717) is 6.54 Å². The third-order valence-corrected chi connectivity index (χ3v) is 4.97. The number of ketones is 1. The van der Waals surface area contributed by atoms with Crippen molar-refractivity contribution in [2.75, 3.05) is 0 Å². The predicted octanol–water partition coefficient (Wildman–Crippen LogP) is 4.49. The maximum Gasteiger partial charge on any atom is 0.223 e. The van der Waals surface area contributed by atoms with E-state index < -0.39 is 0 Å². The summed E-state index contributed by atoms with van der Waals surface area (Å²) in [5, 5.41) is 2.98. The molecular formula is C21H33NO2. The molecule has 1 aromatic carbocycles. The van der Waals surface area contributed by atoms with Crippen LogP contribution in [0.1, 0.15) is 66.0 Å². The van der Waals surface area contributed by atoms with E-state index in [-0.39, 0.29) is 34.9 Å². The van der Waals surface area contributed by atoms with E-state index in [1.54, 1.807) is 6.92 Å². The molecule has 0 bridgehead atoms. The fraction of sp³-hybridized carbons (Fsp3) is 0.619. The van der Waals surface area contributed by atoms with Crippen LogP contribution in [0.5, 0.6) is 0 Å². The molecular weight excluding hydrogens is 298 g/mol. The van der Waals surface area contributed by atoms with E-state index in [2.05, 4.69) is 57.3 Å². The molecule has 0 aromatic heterocycles. The number of carbonyl (C=O) groups is 2. The van der Waals surface area contributed by atoms with Crippen LogP contribution >= 0.6 is 0 Å². The molecule has 3 heteroatoms. The van der Waals surface area contributed by atoms with Gasteiger partial charge in [-0.1, -0.05) is 72.2 Å². The summed E-state index contributed by atoms with van der Waals surface area (Å²) in [6.07, 6.45) is 0.899. The number of hydrogen-bond acceptors (Lipinski definition) is 2. The Morgan fingerprint density at radius 1 is 1.08 bits per heavy atom. The summed E-state index contributed by atoms with van der Waals surface area (Å²) < 4.78 is 0. The van der Waals surface area contributed by atoms with Gasteiger partial charge < -0.3 is 5.32 Å². The van der Waals surface area contributed by atoms with Gasteiger partial charge in [-0.15, -0.1) is 0 Å². The van der Waals surface area contributed by atoms with E-state index in [0.717, 1.165) is 12.0 Å². The molecule has 0 spiro atoms. The molecule has 3 nitrogen and oxygen atoms in total. The molecule has 1 amide bonds. The molecule has 1 rings (SSSR count). The van der Waals surface area contributed by atoms with Crippen molar-refractivity contribution in [2.24, 2.45) is 17.8 Å². The van der Waals surface area contributed by atoms with Crippen LogP contribution in [0.3, 0.4) is 0 Å². The van der Waals surface area contributed by atoms with E-state index in [1.165, 1.54) is 5.56 Å². The molecule has 0 saturated carbocycles. The van der Waals surface area contributed by atoms with Gasteiger partial charge in [-0.05, 0) is 29.4 Å². The summed E-state index contributed by atoms with van der Waals surface area (Å²) in [6.45, 7) is 14.6. The Morgan fingerprint density at radius 2 is 1.62 bits per heavy atom. The third-order valence-electron chi connectivity index (χ3n) is 4.97. The molecule has 0 fully saturated rings. The van der Waals surface area contributed by atoms with Crippen LogP contribution in [0.2, 0.25) is 0 Å². The van der Waals surface area contributed by atoms with Crippen molar-refractivity contribution in [3.63, 3.8) is 0 Å². The first-order valence-electron chi connectivity index (χ1n) is 8.95. The van der Waals surface area contributed by atoms with Crippen molar-refractivity contribution in [1.29, 1.82) is 0 Å². The average molecular weight is 332 g/mol. The second kappa shape index (κ2) is 8.46. The summed E-state index contributed by atoms with van der Waals surface area (Å²) in [5.74, 6) is -0.240. The van der Waals surface area contributed by atoms with Gasteiger partial charge in [0.25, 0.3) is 0 Å². The van der Waals surface area contributed by atoms with E-state index in [4.69, 9.17) is 0 Å². The number of rotatable bonds is 7. The van der Waals surface area contributed by atoms with Gasteiger partial charge in [0, 0.05) is 18.4 Å². The second-order valence-corrected chi connectivity index (χ2v) is 7.98. The lowest BCUT2D eigenvalue weighted by Gasteiger charge is -2.26. The molecule has 3 atom stereocenters. The van der Waals surface area contributed by atoms with Gasteiger partial charge in [0.1, 0.15) is 5.78 Å². The number of amides is 1. The van der Waals surface area contributed by atoms with Crippen molar-refractivity contribution in [2.45, 2.75) is 66.8 Å². The number of carbonyl (C=O) groups excluding carboxylic acids is 2. The predicted molar refractivity (Wildman–Crippen MR) is 99.8 cm³/mol. The van der Waals surface area contributed by atoms with E-state index in [9.17, 15) is 9.59 Å². The third kappa shape index (κ3) is 5.47. The molecule has 0 aliphatic heterocycles. The summed E-state index contributed by atoms with van der Waals surface area (Å²) in [5.41, 5.74) is 2.48. The largest absolute Gasteiger partial charge is 0.352 e. The zero-order valence-electron chi connectivity index (χ0n) is 16.3. The highest BCUT2D eigenvalue weighted by Crippen LogP contribution is 2.25. The van der Waals surface area contributed by atoms with Crippen LogP contribution in [0.15, 0.2) is 24.3 Å². The Morgan fingerprint density at radius 3 is 2.04 bits per heavy atom. The van der Waals surface area contributed by atoms with Crippen LogP contribution in [0.25, 0.3) is 0 Å². The lowest BCUT2D eigenvalue weighted by atomic mass is 9.79. The Bertz CT molecular complexity index is 554. The van der Waals surface area contributed by atoms with Crippen LogP contribution < -0.4 is 5.32 Å². The molecule has 1 N–H and O–H groups in total. The quantitative estimate of drug-likeness (QED) is 0.800. The van der Waals surface area contributed by atoms with Crippen molar-refractivity contribution in [1.82, 2.24) is 5.32 Å². The van der Waals surface area contributed by atoms with Crippen molar-refractivity contribution < 1.29 is 9.59 Å². The average Bonchev–Trinajstić information content (AvgIpc) is 2.51. The highest BCUT2D eigenvalue weighted by Gasteiger charge is 2.31. The van der Waals surface area contributed by atoms with Crippen LogP contribution in [0, 0.1) is 17.8 Å². The Balaban J connectivity index is 2.69. The maximum atomic E-state index is 12.4. The monoisotopic (exact) mass is 331 g/mol. The molecule has 0 aliphatic rings. The van der Waals surface area contributed by atoms with Gasteiger partial charge >= 0.3 is 0 Å². The minimum absolute atomic E-state index is 0.0459. The summed E-state index contributed by atoms with van der Waals surface area (Å²) >= 11 is 0. The highest BCUT2D eigenvalue weighted by atomic mass is 16.2. The number of benzene rings is 1. The molecule has 134 valence electrons. The molecule has 0 heterocycles. The van der Waals surface area contributed by atoms with Gasteiger partial charge in [0.2, 0.25) is 5.91 Å². The Labute approximate surface area is 147 Å². The van der Waals surface area contributed by atoms with Crippen molar-refractivity contribution >= 4 is 11.7 Å². The van der Waals surface area contributed by atoms with E-state index >= 15 is 0 Å². The normalized spacial score (nSPS) is 15.5. The minimum Gasteiger partial charge on any atom is -0.352 e. The highest BCUT2D eigenvalue weighted by molar-refractivity contribution is 5.87. The molecule has 0 saturated heterocycles. The first kappa shape index (κ1) is 20.4. The molecule has 0 aliphatic carbocycles. The van der Waals surface area contributed by atoms with Crippen LogP contribution in [-0.4, -0.2) is 11.7 Å². The maximum absolute atomic E-state index is 12.4. The Hall–Kier alpha value is -1.64. The lowest BCUT2D eigenvalue weighted by molar-refractivity contribution is -0.134. The number of hydrogen-bond donors (Lipinski definition) is 1. The fourth-order valence-electron chi connectivity index (χ4n) is 3.14. The minimum atomic E-state index is -0.300. The van der Waals surface area contributed by atoms with Gasteiger partial charge in [-0.25, -0.2) is 0 Å². The summed E-state index contributed by atoms with van der Waals surface area (Å²) in [4.78, 5) is 24.4. The summed E-state index contributed by atoms with van der Waals surface area (Å²) in [7, 11) is 0. The number of nitrogens with one attached hydrogen (secondary N) is 1. The molecule has 1 aromatic rings. The zero-order valence-corrected chi connectivity index (χ0v) is 16.3. The van der Waals surface area contributed by atoms with E-state index in [1.807, 2.05) is 13.8 Å². The lowest BCUT2D eigenvalue weighted by Crippen LogP contribution is -2.38. The molecule has 24 heavy (non-hydrogen) atoms. The Kier molecular flexibility index (Phi) is 7.19. The summed E-state index contributed by atoms with van der Waals surface area (Å²) in [6, 6.07) is 8.34. The fourth-order valence-corrected chi connectivity index (χ4v) is 3.14. The van der Waals surface area contributed by atoms with Crippen LogP contribution in [0.4, 0.5) is 0 Å². The first-order valence-corrected chi connectivity index (χ1v) is 8.95. The van der Waals surface area contributed by atoms with Gasteiger partial charge in [-0.2, -0.15) is 0 Å². The van der Waals surface area contributed by atoms with Crippen molar-refractivity contribution in [3.05, 3.63) is 35.4 Å². The van der Waals surface area contributed by atoms with Crippen molar-refractivity contribution in [3.8, 4) is 0 Å².